The fourth-order valence-electron chi connectivity index (χ4n) is 1.93. The molecule has 5 nitrogen and oxygen atoms in total. The summed E-state index contributed by atoms with van der Waals surface area (Å²) in [7, 11) is 1.66. The number of aromatic nitrogens is 4. The van der Waals surface area contributed by atoms with Crippen molar-refractivity contribution >= 4 is 11.0 Å². The minimum absolute atomic E-state index is 0.732. The molecule has 0 spiro atoms. The van der Waals surface area contributed by atoms with Crippen molar-refractivity contribution in [3.8, 4) is 5.75 Å². The summed E-state index contributed by atoms with van der Waals surface area (Å²) in [6, 6.07) is 7.96. The summed E-state index contributed by atoms with van der Waals surface area (Å²) in [4.78, 5) is 8.44. The van der Waals surface area contributed by atoms with Gasteiger partial charge in [0.05, 0.1) is 24.4 Å². The molecule has 0 aliphatic carbocycles. The van der Waals surface area contributed by atoms with Crippen LogP contribution in [0.25, 0.3) is 11.0 Å². The molecule has 1 N–H and O–H groups in total. The second-order valence-electron chi connectivity index (χ2n) is 3.98. The van der Waals surface area contributed by atoms with Crippen molar-refractivity contribution in [2.45, 2.75) is 6.42 Å². The van der Waals surface area contributed by atoms with Crippen LogP contribution in [-0.4, -0.2) is 27.3 Å². The van der Waals surface area contributed by atoms with Crippen molar-refractivity contribution in [1.29, 1.82) is 0 Å². The van der Waals surface area contributed by atoms with E-state index in [4.69, 9.17) is 4.74 Å². The van der Waals surface area contributed by atoms with Crippen molar-refractivity contribution < 1.29 is 4.74 Å². The zero-order valence-electron chi connectivity index (χ0n) is 9.92. The summed E-state index contributed by atoms with van der Waals surface area (Å²) in [6.07, 6.45) is 4.04. The van der Waals surface area contributed by atoms with Crippen LogP contribution in [0.15, 0.2) is 36.8 Å². The van der Waals surface area contributed by atoms with Crippen LogP contribution < -0.4 is 4.74 Å². The topological polar surface area (TPSA) is 63.7 Å². The van der Waals surface area contributed by atoms with E-state index in [2.05, 4.69) is 26.2 Å². The highest BCUT2D eigenvalue weighted by Crippen LogP contribution is 2.18. The number of methoxy groups -OCH3 is 1. The number of nitrogens with one attached hydrogen (secondary N) is 1. The Morgan fingerprint density at radius 1 is 1.28 bits per heavy atom. The SMILES string of the molecule is COc1cccc(Cc2ncnc3[nH]ncc23)c1. The van der Waals surface area contributed by atoms with Crippen LogP contribution in [0, 0.1) is 0 Å². The molecule has 0 unspecified atom stereocenters. The number of ether oxygens (including phenoxy) is 1. The highest BCUT2D eigenvalue weighted by molar-refractivity contribution is 5.76. The van der Waals surface area contributed by atoms with Gasteiger partial charge in [0.15, 0.2) is 5.65 Å². The van der Waals surface area contributed by atoms with Gasteiger partial charge < -0.3 is 4.74 Å². The summed E-state index contributed by atoms with van der Waals surface area (Å²) >= 11 is 0. The van der Waals surface area contributed by atoms with Gasteiger partial charge in [-0.1, -0.05) is 12.1 Å². The van der Waals surface area contributed by atoms with E-state index in [1.54, 1.807) is 19.6 Å². The molecule has 0 aliphatic heterocycles. The molecule has 0 fully saturated rings. The van der Waals surface area contributed by atoms with Crippen molar-refractivity contribution in [3.63, 3.8) is 0 Å². The van der Waals surface area contributed by atoms with Crippen LogP contribution in [0.1, 0.15) is 11.3 Å². The fraction of sp³-hybridized carbons (Fsp3) is 0.154. The number of aromatic amines is 1. The van der Waals surface area contributed by atoms with E-state index in [-0.39, 0.29) is 0 Å². The van der Waals surface area contributed by atoms with E-state index in [0.29, 0.717) is 0 Å². The Morgan fingerprint density at radius 3 is 3.11 bits per heavy atom. The van der Waals surface area contributed by atoms with E-state index >= 15 is 0 Å². The molecule has 1 aromatic carbocycles. The highest BCUT2D eigenvalue weighted by atomic mass is 16.5. The predicted molar refractivity (Wildman–Crippen MR) is 67.5 cm³/mol. The van der Waals surface area contributed by atoms with Crippen molar-refractivity contribution in [2.75, 3.05) is 7.11 Å². The number of H-pyrrole nitrogens is 1. The first-order valence-corrected chi connectivity index (χ1v) is 5.62. The summed E-state index contributed by atoms with van der Waals surface area (Å²) in [5.41, 5.74) is 2.88. The van der Waals surface area contributed by atoms with E-state index in [9.17, 15) is 0 Å². The summed E-state index contributed by atoms with van der Waals surface area (Å²) in [6.45, 7) is 0. The second-order valence-corrected chi connectivity index (χ2v) is 3.98. The lowest BCUT2D eigenvalue weighted by Crippen LogP contribution is -1.95. The number of rotatable bonds is 3. The third-order valence-corrected chi connectivity index (χ3v) is 2.84. The standard InChI is InChI=1S/C13H12N4O/c1-18-10-4-2-3-9(5-10)6-12-11-7-16-17-13(11)15-8-14-12/h2-5,7-8H,6H2,1H3,(H,14,15,16,17). The van der Waals surface area contributed by atoms with E-state index in [1.165, 1.54) is 0 Å². The van der Waals surface area contributed by atoms with E-state index < -0.39 is 0 Å². The summed E-state index contributed by atoms with van der Waals surface area (Å²) in [5, 5.41) is 7.79. The molecule has 5 heteroatoms. The van der Waals surface area contributed by atoms with Crippen LogP contribution >= 0.6 is 0 Å². The van der Waals surface area contributed by atoms with Gasteiger partial charge in [-0.3, -0.25) is 5.10 Å². The number of hydrogen-bond donors (Lipinski definition) is 1. The molecule has 90 valence electrons. The first kappa shape index (κ1) is 10.7. The van der Waals surface area contributed by atoms with Crippen LogP contribution in [0.5, 0.6) is 5.75 Å². The Bertz CT molecular complexity index is 677. The first-order valence-electron chi connectivity index (χ1n) is 5.62. The third-order valence-electron chi connectivity index (χ3n) is 2.84. The summed E-state index contributed by atoms with van der Waals surface area (Å²) in [5.74, 6) is 0.852. The number of hydrogen-bond acceptors (Lipinski definition) is 4. The predicted octanol–water partition coefficient (Wildman–Crippen LogP) is 1.95. The zero-order chi connectivity index (χ0) is 12.4. The minimum atomic E-state index is 0.732. The highest BCUT2D eigenvalue weighted by Gasteiger charge is 2.06. The monoisotopic (exact) mass is 240 g/mol. The van der Waals surface area contributed by atoms with Crippen LogP contribution in [0.2, 0.25) is 0 Å². The number of benzene rings is 1. The molecule has 0 bridgehead atoms. The van der Waals surface area contributed by atoms with Crippen molar-refractivity contribution in [1.82, 2.24) is 20.2 Å². The van der Waals surface area contributed by atoms with Crippen LogP contribution in [0.4, 0.5) is 0 Å². The molecular formula is C13H12N4O. The average Bonchev–Trinajstić information content (AvgIpc) is 2.88. The first-order chi connectivity index (χ1) is 8.86. The van der Waals surface area contributed by atoms with E-state index in [0.717, 1.165) is 34.5 Å². The molecule has 0 aliphatic rings. The van der Waals surface area contributed by atoms with Gasteiger partial charge in [0, 0.05) is 6.42 Å². The quantitative estimate of drug-likeness (QED) is 0.760. The molecule has 0 saturated carbocycles. The minimum Gasteiger partial charge on any atom is -0.497 e. The number of fused-ring (bicyclic) bond motifs is 1. The van der Waals surface area contributed by atoms with E-state index in [1.807, 2.05) is 18.2 Å². The summed E-state index contributed by atoms with van der Waals surface area (Å²) < 4.78 is 5.21. The second kappa shape index (κ2) is 4.44. The molecular weight excluding hydrogens is 228 g/mol. The van der Waals surface area contributed by atoms with Crippen molar-refractivity contribution in [2.24, 2.45) is 0 Å². The molecule has 0 saturated heterocycles. The number of nitrogens with zero attached hydrogens (tertiary/aromatic N) is 3. The maximum absolute atomic E-state index is 5.21. The Balaban J connectivity index is 1.98. The molecule has 0 amide bonds. The van der Waals surface area contributed by atoms with Gasteiger partial charge >= 0.3 is 0 Å². The van der Waals surface area contributed by atoms with Gasteiger partial charge in [-0.25, -0.2) is 9.97 Å². The zero-order valence-corrected chi connectivity index (χ0v) is 9.92. The molecule has 3 rings (SSSR count). The Labute approximate surface area is 104 Å². The van der Waals surface area contributed by atoms with Gasteiger partial charge in [0.1, 0.15) is 12.1 Å². The Hall–Kier alpha value is -2.43. The lowest BCUT2D eigenvalue weighted by molar-refractivity contribution is 0.414. The Morgan fingerprint density at radius 2 is 2.22 bits per heavy atom. The average molecular weight is 240 g/mol. The van der Waals surface area contributed by atoms with Crippen LogP contribution in [-0.2, 0) is 6.42 Å². The lowest BCUT2D eigenvalue weighted by atomic mass is 10.1. The molecule has 18 heavy (non-hydrogen) atoms. The van der Waals surface area contributed by atoms with Gasteiger partial charge in [0.25, 0.3) is 0 Å². The van der Waals surface area contributed by atoms with Gasteiger partial charge in [-0.15, -0.1) is 0 Å². The maximum Gasteiger partial charge on any atom is 0.158 e. The van der Waals surface area contributed by atoms with Crippen LogP contribution in [0.3, 0.4) is 0 Å². The maximum atomic E-state index is 5.21. The molecule has 0 radical (unpaired) electrons. The Kier molecular flexibility index (Phi) is 2.64. The van der Waals surface area contributed by atoms with Gasteiger partial charge in [-0.2, -0.15) is 5.10 Å². The molecule has 3 aromatic rings. The smallest absolute Gasteiger partial charge is 0.158 e. The fourth-order valence-corrected chi connectivity index (χ4v) is 1.93. The normalized spacial score (nSPS) is 10.7. The third kappa shape index (κ3) is 1.90. The lowest BCUT2D eigenvalue weighted by Gasteiger charge is -2.04. The molecule has 2 heterocycles. The van der Waals surface area contributed by atoms with Gasteiger partial charge in [0.2, 0.25) is 0 Å². The van der Waals surface area contributed by atoms with Crippen molar-refractivity contribution in [3.05, 3.63) is 48.0 Å². The molecule has 0 atom stereocenters. The largest absolute Gasteiger partial charge is 0.497 e. The van der Waals surface area contributed by atoms with Gasteiger partial charge in [-0.05, 0) is 17.7 Å². The molecule has 2 aromatic heterocycles.